The van der Waals surface area contributed by atoms with Crippen LogP contribution in [0.1, 0.15) is 44.1 Å². The van der Waals surface area contributed by atoms with Gasteiger partial charge < -0.3 is 0 Å². The van der Waals surface area contributed by atoms with Crippen molar-refractivity contribution in [2.24, 2.45) is 5.92 Å². The zero-order chi connectivity index (χ0) is 9.10. The van der Waals surface area contributed by atoms with E-state index in [9.17, 15) is 0 Å². The van der Waals surface area contributed by atoms with Gasteiger partial charge in [-0.2, -0.15) is 0 Å². The normalized spacial score (nSPS) is 18.5. The maximum Gasteiger partial charge on any atom is -0.0162 e. The van der Waals surface area contributed by atoms with Crippen molar-refractivity contribution in [3.63, 3.8) is 0 Å². The third kappa shape index (κ3) is 2.33. The predicted molar refractivity (Wildman–Crippen MR) is 56.8 cm³/mol. The van der Waals surface area contributed by atoms with Gasteiger partial charge in [0, 0.05) is 0 Å². The molecule has 1 aliphatic rings. The summed E-state index contributed by atoms with van der Waals surface area (Å²) >= 11 is 0. The van der Waals surface area contributed by atoms with E-state index in [1.165, 1.54) is 31.2 Å². The van der Waals surface area contributed by atoms with Crippen LogP contribution < -0.4 is 0 Å². The fraction of sp³-hybridized carbons (Fsp3) is 0.538. The van der Waals surface area contributed by atoms with Gasteiger partial charge in [-0.15, -0.1) is 0 Å². The summed E-state index contributed by atoms with van der Waals surface area (Å²) in [6.07, 6.45) is 5.66. The lowest BCUT2D eigenvalue weighted by Gasteiger charge is -2.14. The lowest BCUT2D eigenvalue weighted by Crippen LogP contribution is -1.97. The van der Waals surface area contributed by atoms with Crippen molar-refractivity contribution in [2.45, 2.75) is 38.5 Å². The van der Waals surface area contributed by atoms with Gasteiger partial charge in [0.1, 0.15) is 0 Å². The Morgan fingerprint density at radius 2 is 1.92 bits per heavy atom. The Hall–Kier alpha value is -0.780. The van der Waals surface area contributed by atoms with E-state index in [2.05, 4.69) is 37.3 Å². The largest absolute Gasteiger partial charge is 0.0648 e. The summed E-state index contributed by atoms with van der Waals surface area (Å²) in [4.78, 5) is 0. The molecule has 0 bridgehead atoms. The van der Waals surface area contributed by atoms with Crippen LogP contribution in [0.3, 0.4) is 0 Å². The molecule has 0 heteroatoms. The highest BCUT2D eigenvalue weighted by Crippen LogP contribution is 2.39. The van der Waals surface area contributed by atoms with Crippen LogP contribution >= 0.6 is 0 Å². The minimum atomic E-state index is 0.814. The van der Waals surface area contributed by atoms with Crippen LogP contribution in [0.5, 0.6) is 0 Å². The van der Waals surface area contributed by atoms with Crippen LogP contribution in [0.2, 0.25) is 0 Å². The van der Waals surface area contributed by atoms with Crippen molar-refractivity contribution in [1.82, 2.24) is 0 Å². The van der Waals surface area contributed by atoms with Gasteiger partial charge in [0.05, 0.1) is 0 Å². The van der Waals surface area contributed by atoms with E-state index in [0.717, 1.165) is 11.8 Å². The first kappa shape index (κ1) is 8.80. The number of benzene rings is 1. The van der Waals surface area contributed by atoms with Gasteiger partial charge in [-0.25, -0.2) is 0 Å². The van der Waals surface area contributed by atoms with Crippen molar-refractivity contribution in [3.05, 3.63) is 35.9 Å². The molecule has 1 saturated carbocycles. The molecule has 0 aliphatic heterocycles. The molecule has 0 N–H and O–H groups in total. The van der Waals surface area contributed by atoms with Gasteiger partial charge >= 0.3 is 0 Å². The Bertz CT molecular complexity index is 246. The number of hydrogen-bond donors (Lipinski definition) is 0. The Morgan fingerprint density at radius 1 is 1.23 bits per heavy atom. The van der Waals surface area contributed by atoms with Gasteiger partial charge in [0.25, 0.3) is 0 Å². The van der Waals surface area contributed by atoms with Crippen LogP contribution in [0.15, 0.2) is 30.3 Å². The predicted octanol–water partition coefficient (Wildman–Crippen LogP) is 3.98. The highest BCUT2D eigenvalue weighted by molar-refractivity contribution is 5.19. The zero-order valence-corrected chi connectivity index (χ0v) is 8.37. The van der Waals surface area contributed by atoms with E-state index in [-0.39, 0.29) is 0 Å². The lowest BCUT2D eigenvalue weighted by molar-refractivity contribution is 0.562. The smallest absolute Gasteiger partial charge is 0.0162 e. The lowest BCUT2D eigenvalue weighted by atomic mass is 9.91. The van der Waals surface area contributed by atoms with Crippen molar-refractivity contribution >= 4 is 0 Å². The SMILES string of the molecule is CCC(CC1CC1)c1ccccc1. The molecule has 0 saturated heterocycles. The number of hydrogen-bond acceptors (Lipinski definition) is 0. The molecule has 0 spiro atoms. The standard InChI is InChI=1S/C13H18/c1-2-12(10-11-8-9-11)13-6-4-3-5-7-13/h3-7,11-12H,2,8-10H2,1H3. The molecule has 13 heavy (non-hydrogen) atoms. The highest BCUT2D eigenvalue weighted by atomic mass is 14.3. The average molecular weight is 174 g/mol. The minimum absolute atomic E-state index is 0.814. The first-order valence-electron chi connectivity index (χ1n) is 5.45. The van der Waals surface area contributed by atoms with Crippen LogP contribution in [-0.4, -0.2) is 0 Å². The molecule has 1 aliphatic carbocycles. The molecule has 1 unspecified atom stereocenters. The van der Waals surface area contributed by atoms with Gasteiger partial charge in [-0.3, -0.25) is 0 Å². The molecule has 0 aromatic heterocycles. The summed E-state index contributed by atoms with van der Waals surface area (Å²) in [7, 11) is 0. The molecule has 1 aromatic carbocycles. The summed E-state index contributed by atoms with van der Waals surface area (Å²) in [5, 5.41) is 0. The van der Waals surface area contributed by atoms with Gasteiger partial charge in [-0.1, -0.05) is 50.1 Å². The summed E-state index contributed by atoms with van der Waals surface area (Å²) in [5.41, 5.74) is 1.54. The third-order valence-corrected chi connectivity index (χ3v) is 3.08. The second-order valence-corrected chi connectivity index (χ2v) is 4.19. The number of rotatable bonds is 4. The molecule has 0 nitrogen and oxygen atoms in total. The fourth-order valence-corrected chi connectivity index (χ4v) is 2.02. The maximum absolute atomic E-state index is 2.31. The summed E-state index contributed by atoms with van der Waals surface area (Å²) < 4.78 is 0. The van der Waals surface area contributed by atoms with Crippen LogP contribution in [0.25, 0.3) is 0 Å². The minimum Gasteiger partial charge on any atom is -0.0648 e. The van der Waals surface area contributed by atoms with E-state index in [0.29, 0.717) is 0 Å². The van der Waals surface area contributed by atoms with Crippen LogP contribution in [-0.2, 0) is 0 Å². The molecule has 0 radical (unpaired) electrons. The summed E-state index contributed by atoms with van der Waals surface area (Å²) in [6.45, 7) is 2.31. The average Bonchev–Trinajstić information content (AvgIpc) is 2.99. The molecule has 2 rings (SSSR count). The van der Waals surface area contributed by atoms with E-state index < -0.39 is 0 Å². The van der Waals surface area contributed by atoms with E-state index in [4.69, 9.17) is 0 Å². The fourth-order valence-electron chi connectivity index (χ4n) is 2.02. The van der Waals surface area contributed by atoms with Gasteiger partial charge in [0.15, 0.2) is 0 Å². The van der Waals surface area contributed by atoms with Crippen molar-refractivity contribution in [3.8, 4) is 0 Å². The summed E-state index contributed by atoms with van der Waals surface area (Å²) in [5.74, 6) is 1.86. The second-order valence-electron chi connectivity index (χ2n) is 4.19. The molecule has 0 heterocycles. The Morgan fingerprint density at radius 3 is 2.46 bits per heavy atom. The molecule has 1 fully saturated rings. The van der Waals surface area contributed by atoms with E-state index in [1.807, 2.05) is 0 Å². The monoisotopic (exact) mass is 174 g/mol. The van der Waals surface area contributed by atoms with E-state index in [1.54, 1.807) is 0 Å². The highest BCUT2D eigenvalue weighted by Gasteiger charge is 2.25. The maximum atomic E-state index is 2.31. The van der Waals surface area contributed by atoms with Crippen molar-refractivity contribution < 1.29 is 0 Å². The molecule has 0 amide bonds. The van der Waals surface area contributed by atoms with Crippen LogP contribution in [0.4, 0.5) is 0 Å². The quantitative estimate of drug-likeness (QED) is 0.647. The third-order valence-electron chi connectivity index (χ3n) is 3.08. The summed E-state index contributed by atoms with van der Waals surface area (Å²) in [6, 6.07) is 11.0. The van der Waals surface area contributed by atoms with Gasteiger partial charge in [0.2, 0.25) is 0 Å². The Labute approximate surface area is 81.0 Å². The Kier molecular flexibility index (Phi) is 2.68. The molecule has 70 valence electrons. The molecule has 1 aromatic rings. The van der Waals surface area contributed by atoms with Gasteiger partial charge in [-0.05, 0) is 30.2 Å². The molecular weight excluding hydrogens is 156 g/mol. The first-order chi connectivity index (χ1) is 6.40. The van der Waals surface area contributed by atoms with Crippen molar-refractivity contribution in [1.29, 1.82) is 0 Å². The Balaban J connectivity index is 2.02. The van der Waals surface area contributed by atoms with Crippen LogP contribution in [0, 0.1) is 5.92 Å². The second kappa shape index (κ2) is 3.95. The van der Waals surface area contributed by atoms with Crippen molar-refractivity contribution in [2.75, 3.05) is 0 Å². The molecule has 1 atom stereocenters. The zero-order valence-electron chi connectivity index (χ0n) is 8.37. The molecular formula is C13H18. The first-order valence-corrected chi connectivity index (χ1v) is 5.45. The van der Waals surface area contributed by atoms with E-state index >= 15 is 0 Å². The topological polar surface area (TPSA) is 0 Å².